The molecule has 3 rings (SSSR count). The van der Waals surface area contributed by atoms with Gasteiger partial charge in [-0.05, 0) is 25.0 Å². The second-order valence-electron chi connectivity index (χ2n) is 5.21. The number of quaternary nitrogens is 1. The molecule has 1 saturated carbocycles. The summed E-state index contributed by atoms with van der Waals surface area (Å²) in [4.78, 5) is 15.2. The van der Waals surface area contributed by atoms with Crippen molar-refractivity contribution in [2.24, 2.45) is 5.92 Å². The first-order valence-electron chi connectivity index (χ1n) is 6.63. The van der Waals surface area contributed by atoms with Crippen molar-refractivity contribution < 1.29 is 26.5 Å². The average Bonchev–Trinajstić information content (AvgIpc) is 3.23. The number of nitrogens with zero attached hydrogens (tertiary/aromatic N) is 1. The molecule has 1 aromatic carbocycles. The minimum absolute atomic E-state index is 0. The molecule has 0 radical (unpaired) electrons. The monoisotopic (exact) mass is 284 g/mol. The van der Waals surface area contributed by atoms with Crippen molar-refractivity contribution in [2.75, 3.05) is 26.2 Å². The minimum Gasteiger partial charge on any atom is -1.00 e. The number of hydrogen-bond donors (Lipinski definition) is 1. The fourth-order valence-corrected chi connectivity index (χ4v) is 2.56. The van der Waals surface area contributed by atoms with Crippen LogP contribution in [-0.4, -0.2) is 37.0 Å². The molecule has 0 bridgehead atoms. The van der Waals surface area contributed by atoms with Crippen molar-refractivity contribution in [1.29, 1.82) is 0 Å². The summed E-state index contributed by atoms with van der Waals surface area (Å²) >= 11 is 0. The Morgan fingerprint density at radius 1 is 1.16 bits per heavy atom. The van der Waals surface area contributed by atoms with Crippen LogP contribution in [0.4, 0.5) is 10.1 Å². The predicted molar refractivity (Wildman–Crippen MR) is 66.1 cm³/mol. The van der Waals surface area contributed by atoms with Gasteiger partial charge in [0.1, 0.15) is 11.5 Å². The van der Waals surface area contributed by atoms with Gasteiger partial charge in [0.25, 0.3) is 0 Å². The van der Waals surface area contributed by atoms with E-state index in [1.165, 1.54) is 17.0 Å². The molecule has 1 aliphatic heterocycles. The van der Waals surface area contributed by atoms with Crippen LogP contribution in [0.1, 0.15) is 12.8 Å². The second kappa shape index (κ2) is 5.88. The van der Waals surface area contributed by atoms with Crippen molar-refractivity contribution in [3.05, 3.63) is 30.1 Å². The molecule has 1 saturated heterocycles. The number of carbonyl (C=O) groups is 1. The number of halogens is 2. The highest BCUT2D eigenvalue weighted by atomic mass is 35.5. The number of rotatable bonds is 2. The number of amides is 1. The van der Waals surface area contributed by atoms with Gasteiger partial charge in [0, 0.05) is 18.1 Å². The summed E-state index contributed by atoms with van der Waals surface area (Å²) < 4.78 is 12.9. The summed E-state index contributed by atoms with van der Waals surface area (Å²) in [7, 11) is 0. The van der Waals surface area contributed by atoms with E-state index >= 15 is 0 Å². The van der Waals surface area contributed by atoms with Crippen LogP contribution in [0.2, 0.25) is 0 Å². The van der Waals surface area contributed by atoms with Gasteiger partial charge in [0.2, 0.25) is 5.91 Å². The van der Waals surface area contributed by atoms with Crippen LogP contribution in [0.15, 0.2) is 24.3 Å². The molecule has 1 N–H and O–H groups in total. The molecule has 2 fully saturated rings. The molecule has 1 heterocycles. The highest BCUT2D eigenvalue weighted by molar-refractivity contribution is 5.81. The Kier molecular flexibility index (Phi) is 4.42. The maximum atomic E-state index is 12.9. The van der Waals surface area contributed by atoms with Gasteiger partial charge >= 0.3 is 0 Å². The summed E-state index contributed by atoms with van der Waals surface area (Å²) in [6.07, 6.45) is 2.15. The van der Waals surface area contributed by atoms with Gasteiger partial charge in [-0.3, -0.25) is 9.69 Å². The van der Waals surface area contributed by atoms with E-state index in [1.54, 1.807) is 0 Å². The van der Waals surface area contributed by atoms with E-state index in [2.05, 4.69) is 0 Å². The molecule has 1 aliphatic carbocycles. The van der Waals surface area contributed by atoms with Crippen molar-refractivity contribution >= 4 is 11.6 Å². The molecule has 1 aromatic rings. The molecule has 0 spiro atoms. The maximum Gasteiger partial charge on any atom is 0.226 e. The largest absolute Gasteiger partial charge is 1.00 e. The van der Waals surface area contributed by atoms with E-state index in [4.69, 9.17) is 0 Å². The van der Waals surface area contributed by atoms with Crippen LogP contribution >= 0.6 is 0 Å². The molecular weight excluding hydrogens is 267 g/mol. The summed E-state index contributed by atoms with van der Waals surface area (Å²) in [5, 5.41) is 0. The zero-order valence-electron chi connectivity index (χ0n) is 10.7. The molecule has 1 amide bonds. The third kappa shape index (κ3) is 3.25. The first-order chi connectivity index (χ1) is 8.74. The van der Waals surface area contributed by atoms with Crippen molar-refractivity contribution in [2.45, 2.75) is 12.8 Å². The third-order valence-corrected chi connectivity index (χ3v) is 3.86. The Hall–Kier alpha value is -1.13. The number of carbonyl (C=O) groups excluding carboxylic acids is 1. The van der Waals surface area contributed by atoms with Gasteiger partial charge in [-0.2, -0.15) is 0 Å². The summed E-state index contributed by atoms with van der Waals surface area (Å²) in [5.41, 5.74) is 1.12. The zero-order chi connectivity index (χ0) is 12.5. The topological polar surface area (TPSA) is 24.8 Å². The van der Waals surface area contributed by atoms with Crippen LogP contribution in [0.25, 0.3) is 0 Å². The lowest BCUT2D eigenvalue weighted by atomic mass is 10.2. The van der Waals surface area contributed by atoms with Gasteiger partial charge in [-0.15, -0.1) is 0 Å². The molecule has 3 nitrogen and oxygen atoms in total. The number of piperazine rings is 1. The smallest absolute Gasteiger partial charge is 0.226 e. The summed E-state index contributed by atoms with van der Waals surface area (Å²) in [6.45, 7) is 3.48. The van der Waals surface area contributed by atoms with Crippen LogP contribution < -0.4 is 17.3 Å². The van der Waals surface area contributed by atoms with Crippen LogP contribution in [0.3, 0.4) is 0 Å². The fraction of sp³-hybridized carbons (Fsp3) is 0.500. The quantitative estimate of drug-likeness (QED) is 0.644. The molecule has 104 valence electrons. The first kappa shape index (κ1) is 14.3. The lowest BCUT2D eigenvalue weighted by Crippen LogP contribution is -3.10. The summed E-state index contributed by atoms with van der Waals surface area (Å²) in [6, 6.07) is 6.68. The SMILES string of the molecule is O=C(C1CC1)N1CC[NH+](c2ccc(F)cc2)CC1.[Cl-]. The molecular formula is C14H18ClFN2O. The van der Waals surface area contributed by atoms with E-state index in [1.807, 2.05) is 17.0 Å². The Morgan fingerprint density at radius 2 is 1.74 bits per heavy atom. The molecule has 0 aromatic heterocycles. The summed E-state index contributed by atoms with van der Waals surface area (Å²) in [5.74, 6) is 0.464. The van der Waals surface area contributed by atoms with Gasteiger partial charge < -0.3 is 17.3 Å². The zero-order valence-corrected chi connectivity index (χ0v) is 11.5. The first-order valence-corrected chi connectivity index (χ1v) is 6.63. The van der Waals surface area contributed by atoms with E-state index in [9.17, 15) is 9.18 Å². The standard InChI is InChI=1S/C14H17FN2O.ClH/c15-12-3-5-13(6-4-12)16-7-9-17(10-8-16)14(18)11-1-2-11;/h3-6,11H,1-2,7-10H2;1H. The van der Waals surface area contributed by atoms with E-state index in [-0.39, 0.29) is 18.2 Å². The highest BCUT2D eigenvalue weighted by Crippen LogP contribution is 2.30. The molecule has 5 heteroatoms. The second-order valence-corrected chi connectivity index (χ2v) is 5.21. The minimum atomic E-state index is -0.194. The van der Waals surface area contributed by atoms with E-state index in [0.717, 1.165) is 44.7 Å². The van der Waals surface area contributed by atoms with Gasteiger partial charge in [-0.25, -0.2) is 4.39 Å². The lowest BCUT2D eigenvalue weighted by Gasteiger charge is -2.32. The van der Waals surface area contributed by atoms with Gasteiger partial charge in [0.05, 0.1) is 26.2 Å². The predicted octanol–water partition coefficient (Wildman–Crippen LogP) is -2.40. The Labute approximate surface area is 118 Å². The van der Waals surface area contributed by atoms with Gasteiger partial charge in [-0.1, -0.05) is 0 Å². The third-order valence-electron chi connectivity index (χ3n) is 3.86. The van der Waals surface area contributed by atoms with Crippen LogP contribution in [0, 0.1) is 11.7 Å². The number of nitrogens with one attached hydrogen (secondary N) is 1. The molecule has 2 aliphatic rings. The van der Waals surface area contributed by atoms with Crippen molar-refractivity contribution in [3.63, 3.8) is 0 Å². The average molecular weight is 285 g/mol. The number of hydrogen-bond acceptors (Lipinski definition) is 1. The molecule has 0 unspecified atom stereocenters. The Bertz CT molecular complexity index is 439. The Morgan fingerprint density at radius 3 is 2.26 bits per heavy atom. The fourth-order valence-electron chi connectivity index (χ4n) is 2.56. The van der Waals surface area contributed by atoms with E-state index in [0.29, 0.717) is 11.8 Å². The normalized spacial score (nSPS) is 19.9. The van der Waals surface area contributed by atoms with Gasteiger partial charge in [0.15, 0.2) is 0 Å². The van der Waals surface area contributed by atoms with E-state index < -0.39 is 0 Å². The molecule has 0 atom stereocenters. The highest BCUT2D eigenvalue weighted by Gasteiger charge is 2.35. The van der Waals surface area contributed by atoms with Crippen molar-refractivity contribution in [1.82, 2.24) is 4.90 Å². The van der Waals surface area contributed by atoms with Crippen LogP contribution in [0.5, 0.6) is 0 Å². The Balaban J connectivity index is 0.00000133. The maximum absolute atomic E-state index is 12.9. The lowest BCUT2D eigenvalue weighted by molar-refractivity contribution is -0.837. The van der Waals surface area contributed by atoms with Crippen LogP contribution in [-0.2, 0) is 4.79 Å². The number of benzene rings is 1. The van der Waals surface area contributed by atoms with Crippen molar-refractivity contribution in [3.8, 4) is 0 Å². The molecule has 19 heavy (non-hydrogen) atoms.